The van der Waals surface area contributed by atoms with Crippen molar-refractivity contribution >= 4 is 11.9 Å². The van der Waals surface area contributed by atoms with Gasteiger partial charge in [-0.15, -0.1) is 0 Å². The molecule has 1 unspecified atom stereocenters. The minimum atomic E-state index is -5.08. The summed E-state index contributed by atoms with van der Waals surface area (Å²) < 4.78 is 39.6. The van der Waals surface area contributed by atoms with Gasteiger partial charge in [0.25, 0.3) is 5.91 Å². The molecule has 0 spiro atoms. The van der Waals surface area contributed by atoms with Gasteiger partial charge >= 0.3 is 12.1 Å². The second-order valence-electron chi connectivity index (χ2n) is 7.43. The predicted molar refractivity (Wildman–Crippen MR) is 110 cm³/mol. The normalized spacial score (nSPS) is 16.0. The van der Waals surface area contributed by atoms with E-state index in [9.17, 15) is 18.0 Å². The van der Waals surface area contributed by atoms with Crippen LogP contribution in [0.2, 0.25) is 0 Å². The molecule has 11 heteroatoms. The first-order valence-electron chi connectivity index (χ1n) is 9.95. The highest BCUT2D eigenvalue weighted by atomic mass is 19.4. The molecule has 0 aliphatic carbocycles. The first kappa shape index (κ1) is 25.3. The lowest BCUT2D eigenvalue weighted by Crippen LogP contribution is -2.38. The molecule has 1 aliphatic heterocycles. The second-order valence-corrected chi connectivity index (χ2v) is 7.43. The molecule has 2 heterocycles. The minimum absolute atomic E-state index is 0.0492. The van der Waals surface area contributed by atoms with Gasteiger partial charge in [0.2, 0.25) is 0 Å². The van der Waals surface area contributed by atoms with Crippen LogP contribution in [0.3, 0.4) is 0 Å². The van der Waals surface area contributed by atoms with E-state index in [-0.39, 0.29) is 11.9 Å². The Morgan fingerprint density at radius 1 is 1.22 bits per heavy atom. The minimum Gasteiger partial charge on any atom is -0.475 e. The van der Waals surface area contributed by atoms with E-state index in [1.165, 1.54) is 5.56 Å². The SMILES string of the molecule is CC1c2nc(C(=O)N(C)C)cn2CCN1CCOCc1ccccc1.O=C(O)C(F)(F)F. The van der Waals surface area contributed by atoms with Crippen LogP contribution < -0.4 is 0 Å². The van der Waals surface area contributed by atoms with E-state index in [0.29, 0.717) is 18.9 Å². The van der Waals surface area contributed by atoms with Crippen LogP contribution in [0.25, 0.3) is 0 Å². The van der Waals surface area contributed by atoms with Crippen molar-refractivity contribution in [2.24, 2.45) is 0 Å². The molecule has 1 amide bonds. The Labute approximate surface area is 184 Å². The molecule has 0 bridgehead atoms. The van der Waals surface area contributed by atoms with Gasteiger partial charge in [-0.2, -0.15) is 13.2 Å². The van der Waals surface area contributed by atoms with Crippen LogP contribution in [0.5, 0.6) is 0 Å². The van der Waals surface area contributed by atoms with Gasteiger partial charge in [0, 0.05) is 39.9 Å². The topological polar surface area (TPSA) is 87.9 Å². The molecule has 0 saturated carbocycles. The quantitative estimate of drug-likeness (QED) is 0.673. The van der Waals surface area contributed by atoms with E-state index in [2.05, 4.69) is 33.5 Å². The van der Waals surface area contributed by atoms with Gasteiger partial charge in [0.1, 0.15) is 11.5 Å². The highest BCUT2D eigenvalue weighted by Gasteiger charge is 2.38. The fraction of sp³-hybridized carbons (Fsp3) is 0.476. The van der Waals surface area contributed by atoms with E-state index in [1.54, 1.807) is 19.0 Å². The summed E-state index contributed by atoms with van der Waals surface area (Å²) >= 11 is 0. The largest absolute Gasteiger partial charge is 0.490 e. The van der Waals surface area contributed by atoms with Crippen molar-refractivity contribution in [3.8, 4) is 0 Å². The summed E-state index contributed by atoms with van der Waals surface area (Å²) in [5, 5.41) is 7.12. The third-order valence-electron chi connectivity index (χ3n) is 4.86. The van der Waals surface area contributed by atoms with Crippen molar-refractivity contribution in [2.75, 3.05) is 33.8 Å². The van der Waals surface area contributed by atoms with Crippen molar-refractivity contribution in [3.63, 3.8) is 0 Å². The van der Waals surface area contributed by atoms with Gasteiger partial charge in [-0.05, 0) is 12.5 Å². The molecule has 0 saturated heterocycles. The fourth-order valence-electron chi connectivity index (χ4n) is 3.12. The number of nitrogens with zero attached hydrogens (tertiary/aromatic N) is 4. The first-order valence-corrected chi connectivity index (χ1v) is 9.95. The molecule has 8 nitrogen and oxygen atoms in total. The molecule has 1 aromatic heterocycles. The zero-order valence-corrected chi connectivity index (χ0v) is 18.2. The number of alkyl halides is 3. The Hall–Kier alpha value is -2.92. The van der Waals surface area contributed by atoms with Gasteiger partial charge < -0.3 is 19.3 Å². The number of aromatic nitrogens is 2. The lowest BCUT2D eigenvalue weighted by molar-refractivity contribution is -0.192. The average Bonchev–Trinajstić information content (AvgIpc) is 3.17. The molecule has 2 aromatic rings. The monoisotopic (exact) mass is 456 g/mol. The number of benzene rings is 1. The Bertz CT molecular complexity index is 900. The summed E-state index contributed by atoms with van der Waals surface area (Å²) in [6.07, 6.45) is -3.21. The van der Waals surface area contributed by atoms with Gasteiger partial charge in [-0.1, -0.05) is 30.3 Å². The highest BCUT2D eigenvalue weighted by Crippen LogP contribution is 2.24. The molecular formula is C21H27F3N4O4. The Morgan fingerprint density at radius 2 is 1.84 bits per heavy atom. The molecule has 0 radical (unpaired) electrons. The summed E-state index contributed by atoms with van der Waals surface area (Å²) in [6, 6.07) is 10.4. The van der Waals surface area contributed by atoms with Gasteiger partial charge in [-0.3, -0.25) is 9.69 Å². The number of halogens is 3. The zero-order chi connectivity index (χ0) is 23.9. The molecule has 1 N–H and O–H groups in total. The Morgan fingerprint density at radius 3 is 2.41 bits per heavy atom. The number of carbonyl (C=O) groups is 2. The molecular weight excluding hydrogens is 429 g/mol. The third-order valence-corrected chi connectivity index (χ3v) is 4.86. The maximum atomic E-state index is 12.1. The fourth-order valence-corrected chi connectivity index (χ4v) is 3.12. The van der Waals surface area contributed by atoms with Gasteiger partial charge in [-0.25, -0.2) is 9.78 Å². The summed E-state index contributed by atoms with van der Waals surface area (Å²) in [7, 11) is 3.50. The number of carboxylic acids is 1. The summed E-state index contributed by atoms with van der Waals surface area (Å²) in [6.45, 7) is 6.11. The van der Waals surface area contributed by atoms with Crippen LogP contribution in [-0.4, -0.2) is 76.3 Å². The number of ether oxygens (including phenoxy) is 1. The smallest absolute Gasteiger partial charge is 0.475 e. The summed E-state index contributed by atoms with van der Waals surface area (Å²) in [4.78, 5) is 29.5. The van der Waals surface area contributed by atoms with Crippen molar-refractivity contribution in [1.82, 2.24) is 19.4 Å². The molecule has 32 heavy (non-hydrogen) atoms. The predicted octanol–water partition coefficient (Wildman–Crippen LogP) is 2.81. The van der Waals surface area contributed by atoms with Crippen molar-refractivity contribution in [3.05, 3.63) is 53.6 Å². The van der Waals surface area contributed by atoms with Crippen LogP contribution in [-0.2, 0) is 22.7 Å². The number of carboxylic acid groups (broad SMARTS) is 1. The second kappa shape index (κ2) is 11.1. The first-order chi connectivity index (χ1) is 15.0. The number of aliphatic carboxylic acids is 1. The van der Waals surface area contributed by atoms with E-state index in [0.717, 1.165) is 25.5 Å². The lowest BCUT2D eigenvalue weighted by Gasteiger charge is -2.33. The molecule has 1 aromatic carbocycles. The van der Waals surface area contributed by atoms with Crippen molar-refractivity contribution in [1.29, 1.82) is 0 Å². The molecule has 176 valence electrons. The van der Waals surface area contributed by atoms with Crippen LogP contribution in [0.4, 0.5) is 13.2 Å². The van der Waals surface area contributed by atoms with E-state index in [4.69, 9.17) is 14.6 Å². The van der Waals surface area contributed by atoms with Crippen LogP contribution in [0.1, 0.15) is 34.8 Å². The number of amides is 1. The average molecular weight is 456 g/mol. The lowest BCUT2D eigenvalue weighted by atomic mass is 10.2. The highest BCUT2D eigenvalue weighted by molar-refractivity contribution is 5.91. The van der Waals surface area contributed by atoms with E-state index < -0.39 is 12.1 Å². The number of hydrogen-bond donors (Lipinski definition) is 1. The van der Waals surface area contributed by atoms with E-state index in [1.807, 2.05) is 24.4 Å². The number of hydrogen-bond acceptors (Lipinski definition) is 5. The summed E-state index contributed by atoms with van der Waals surface area (Å²) in [5.41, 5.74) is 1.71. The van der Waals surface area contributed by atoms with Crippen LogP contribution in [0.15, 0.2) is 36.5 Å². The standard InChI is InChI=1S/C19H26N4O2.C2HF3O2/c1-15-18-20-17(19(24)21(2)3)13-23(18)10-9-22(15)11-12-25-14-16-7-5-4-6-8-16;3-2(4,5)1(6)7/h4-8,13,15H,9-12,14H2,1-3H3;(H,6,7). The molecule has 1 aliphatic rings. The number of fused-ring (bicyclic) bond motifs is 1. The molecule has 0 fully saturated rings. The van der Waals surface area contributed by atoms with Gasteiger partial charge in [0.15, 0.2) is 0 Å². The zero-order valence-electron chi connectivity index (χ0n) is 18.2. The van der Waals surface area contributed by atoms with E-state index >= 15 is 0 Å². The molecule has 1 atom stereocenters. The number of carbonyl (C=O) groups excluding carboxylic acids is 1. The summed E-state index contributed by atoms with van der Waals surface area (Å²) in [5.74, 6) is -1.85. The molecule has 3 rings (SSSR count). The van der Waals surface area contributed by atoms with Crippen LogP contribution in [0, 0.1) is 0 Å². The number of imidazole rings is 1. The van der Waals surface area contributed by atoms with Crippen molar-refractivity contribution < 1.29 is 32.6 Å². The van der Waals surface area contributed by atoms with Crippen LogP contribution >= 0.6 is 0 Å². The Balaban J connectivity index is 0.000000451. The maximum absolute atomic E-state index is 12.1. The Kier molecular flexibility index (Phi) is 8.79. The maximum Gasteiger partial charge on any atom is 0.490 e. The third kappa shape index (κ3) is 7.06. The van der Waals surface area contributed by atoms with Gasteiger partial charge in [0.05, 0.1) is 19.3 Å². The van der Waals surface area contributed by atoms with Crippen molar-refractivity contribution in [2.45, 2.75) is 32.3 Å². The number of rotatable bonds is 6.